The Morgan fingerprint density at radius 3 is 2.44 bits per heavy atom. The molecule has 0 bridgehead atoms. The number of halogens is 4. The van der Waals surface area contributed by atoms with Gasteiger partial charge in [0.25, 0.3) is 0 Å². The normalized spacial score (nSPS) is 14.3. The first-order valence-corrected chi connectivity index (χ1v) is 11.7. The van der Waals surface area contributed by atoms with Gasteiger partial charge in [0.2, 0.25) is 0 Å². The second-order valence-corrected chi connectivity index (χ2v) is 8.97. The third kappa shape index (κ3) is 5.86. The fraction of sp³-hybridized carbons (Fsp3) is 0.304. The van der Waals surface area contributed by atoms with E-state index in [0.29, 0.717) is 42.8 Å². The molecule has 0 radical (unpaired) electrons. The van der Waals surface area contributed by atoms with Crippen LogP contribution in [-0.2, 0) is 23.7 Å². The molecule has 34 heavy (non-hydrogen) atoms. The molecule has 2 heterocycles. The summed E-state index contributed by atoms with van der Waals surface area (Å²) < 4.78 is 51.6. The van der Waals surface area contributed by atoms with Gasteiger partial charge in [-0.15, -0.1) is 11.8 Å². The Kier molecular flexibility index (Phi) is 7.39. The third-order valence-electron chi connectivity index (χ3n) is 5.21. The molecule has 0 unspecified atom stereocenters. The number of aromatic nitrogens is 2. The molecule has 1 aliphatic heterocycles. The first kappa shape index (κ1) is 24.4. The molecule has 2 aromatic carbocycles. The number of hydrogen-bond acceptors (Lipinski definition) is 6. The summed E-state index contributed by atoms with van der Waals surface area (Å²) in [5.41, 5.74) is -0.325. The predicted molar refractivity (Wildman–Crippen MR) is 125 cm³/mol. The van der Waals surface area contributed by atoms with Gasteiger partial charge < -0.3 is 14.4 Å². The third-order valence-corrected chi connectivity index (χ3v) is 6.53. The number of thioether (sulfide) groups is 1. The molecule has 1 aliphatic rings. The fourth-order valence-corrected chi connectivity index (χ4v) is 4.47. The van der Waals surface area contributed by atoms with Gasteiger partial charge in [-0.1, -0.05) is 23.7 Å². The van der Waals surface area contributed by atoms with Crippen LogP contribution in [0, 0.1) is 0 Å². The molecule has 3 aromatic rings. The van der Waals surface area contributed by atoms with Crippen molar-refractivity contribution in [2.45, 2.75) is 17.0 Å². The minimum absolute atomic E-state index is 0.0406. The van der Waals surface area contributed by atoms with E-state index in [0.717, 1.165) is 23.5 Å². The van der Waals surface area contributed by atoms with E-state index in [1.54, 1.807) is 19.2 Å². The molecule has 4 rings (SSSR count). The second kappa shape index (κ2) is 10.3. The fourth-order valence-electron chi connectivity index (χ4n) is 3.41. The number of nitrogens with zero attached hydrogens (tertiary/aromatic N) is 3. The van der Waals surface area contributed by atoms with Gasteiger partial charge in [-0.05, 0) is 35.9 Å². The van der Waals surface area contributed by atoms with Crippen molar-refractivity contribution in [3.05, 3.63) is 75.2 Å². The SMILES string of the molecule is Cn1c(N2CCOCC2)cc(SCc2ccc(Oc3ccc(Cl)c(C(F)(F)F)c3)cc2)nc1=O. The molecule has 0 atom stereocenters. The number of morpholine rings is 1. The average molecular weight is 512 g/mol. The van der Waals surface area contributed by atoms with Crippen LogP contribution >= 0.6 is 23.4 Å². The van der Waals surface area contributed by atoms with E-state index in [9.17, 15) is 18.0 Å². The molecule has 1 saturated heterocycles. The van der Waals surface area contributed by atoms with Gasteiger partial charge in [-0.25, -0.2) is 4.79 Å². The molecule has 1 aromatic heterocycles. The summed E-state index contributed by atoms with van der Waals surface area (Å²) in [6.45, 7) is 2.64. The topological polar surface area (TPSA) is 56.6 Å². The number of hydrogen-bond donors (Lipinski definition) is 0. The van der Waals surface area contributed by atoms with Crippen LogP contribution in [-0.4, -0.2) is 35.9 Å². The Morgan fingerprint density at radius 2 is 1.76 bits per heavy atom. The van der Waals surface area contributed by atoms with Gasteiger partial charge in [-0.2, -0.15) is 18.2 Å². The van der Waals surface area contributed by atoms with Gasteiger partial charge >= 0.3 is 11.9 Å². The van der Waals surface area contributed by atoms with Gasteiger partial charge in [0, 0.05) is 32.0 Å². The van der Waals surface area contributed by atoms with Crippen LogP contribution in [0.3, 0.4) is 0 Å². The van der Waals surface area contributed by atoms with Crippen LogP contribution in [0.15, 0.2) is 58.4 Å². The summed E-state index contributed by atoms with van der Waals surface area (Å²) in [6.07, 6.45) is -4.56. The summed E-state index contributed by atoms with van der Waals surface area (Å²) in [4.78, 5) is 18.6. The van der Waals surface area contributed by atoms with Crippen molar-refractivity contribution in [3.8, 4) is 11.5 Å². The summed E-state index contributed by atoms with van der Waals surface area (Å²) in [7, 11) is 1.70. The lowest BCUT2D eigenvalue weighted by molar-refractivity contribution is -0.137. The number of rotatable bonds is 6. The second-order valence-electron chi connectivity index (χ2n) is 7.57. The lowest BCUT2D eigenvalue weighted by atomic mass is 10.2. The largest absolute Gasteiger partial charge is 0.457 e. The quantitative estimate of drug-likeness (QED) is 0.327. The van der Waals surface area contributed by atoms with E-state index in [2.05, 4.69) is 9.88 Å². The highest BCUT2D eigenvalue weighted by Crippen LogP contribution is 2.37. The van der Waals surface area contributed by atoms with Crippen LogP contribution in [0.5, 0.6) is 11.5 Å². The zero-order valence-electron chi connectivity index (χ0n) is 18.1. The van der Waals surface area contributed by atoms with E-state index in [4.69, 9.17) is 21.1 Å². The summed E-state index contributed by atoms with van der Waals surface area (Å²) in [6, 6.07) is 12.3. The molecule has 0 saturated carbocycles. The zero-order valence-corrected chi connectivity index (χ0v) is 19.7. The molecular formula is C23H21ClF3N3O3S. The smallest absolute Gasteiger partial charge is 0.417 e. The average Bonchev–Trinajstić information content (AvgIpc) is 2.81. The molecule has 180 valence electrons. The monoisotopic (exact) mass is 511 g/mol. The summed E-state index contributed by atoms with van der Waals surface area (Å²) in [5.74, 6) is 1.79. The minimum Gasteiger partial charge on any atom is -0.457 e. The van der Waals surface area contributed by atoms with Crippen molar-refractivity contribution in [2.24, 2.45) is 7.05 Å². The van der Waals surface area contributed by atoms with Gasteiger partial charge in [0.15, 0.2) is 0 Å². The van der Waals surface area contributed by atoms with Crippen molar-refractivity contribution in [1.29, 1.82) is 0 Å². The van der Waals surface area contributed by atoms with Crippen LogP contribution in [0.1, 0.15) is 11.1 Å². The van der Waals surface area contributed by atoms with Crippen LogP contribution in [0.2, 0.25) is 5.02 Å². The van der Waals surface area contributed by atoms with E-state index >= 15 is 0 Å². The molecule has 11 heteroatoms. The zero-order chi connectivity index (χ0) is 24.3. The maximum Gasteiger partial charge on any atom is 0.417 e. The van der Waals surface area contributed by atoms with Crippen LogP contribution < -0.4 is 15.3 Å². The maximum atomic E-state index is 13.0. The van der Waals surface area contributed by atoms with Crippen molar-refractivity contribution in [2.75, 3.05) is 31.2 Å². The highest BCUT2D eigenvalue weighted by molar-refractivity contribution is 7.98. The van der Waals surface area contributed by atoms with Crippen molar-refractivity contribution < 1.29 is 22.6 Å². The Morgan fingerprint density at radius 1 is 1.09 bits per heavy atom. The highest BCUT2D eigenvalue weighted by atomic mass is 35.5. The standard InChI is InChI=1S/C23H21ClF3N3O3S/c1-29-21(30-8-10-32-11-9-30)13-20(28-22(29)31)34-14-15-2-4-16(5-3-15)33-17-6-7-19(24)18(12-17)23(25,26)27/h2-7,12-13H,8-11,14H2,1H3. The van der Waals surface area contributed by atoms with Gasteiger partial charge in [0.05, 0.1) is 23.8 Å². The Hall–Kier alpha value is -2.69. The Labute approximate surface area is 203 Å². The molecule has 1 fully saturated rings. The number of anilines is 1. The lowest BCUT2D eigenvalue weighted by Gasteiger charge is -2.30. The van der Waals surface area contributed by atoms with Gasteiger partial charge in [0.1, 0.15) is 22.3 Å². The number of alkyl halides is 3. The minimum atomic E-state index is -4.56. The number of ether oxygens (including phenoxy) is 2. The van der Waals surface area contributed by atoms with Crippen molar-refractivity contribution in [1.82, 2.24) is 9.55 Å². The Bertz CT molecular complexity index is 1210. The molecule has 0 N–H and O–H groups in total. The van der Waals surface area contributed by atoms with E-state index in [-0.39, 0.29) is 16.5 Å². The molecular weight excluding hydrogens is 491 g/mol. The highest BCUT2D eigenvalue weighted by Gasteiger charge is 2.33. The maximum absolute atomic E-state index is 13.0. The van der Waals surface area contributed by atoms with E-state index < -0.39 is 11.7 Å². The van der Waals surface area contributed by atoms with Crippen molar-refractivity contribution >= 4 is 29.2 Å². The Balaban J connectivity index is 1.42. The van der Waals surface area contributed by atoms with E-state index in [1.807, 2.05) is 18.2 Å². The summed E-state index contributed by atoms with van der Waals surface area (Å²) in [5, 5.41) is 0.235. The molecule has 6 nitrogen and oxygen atoms in total. The molecule has 0 amide bonds. The van der Waals surface area contributed by atoms with Crippen molar-refractivity contribution in [3.63, 3.8) is 0 Å². The van der Waals surface area contributed by atoms with Crippen LogP contribution in [0.25, 0.3) is 0 Å². The van der Waals surface area contributed by atoms with E-state index in [1.165, 1.54) is 22.4 Å². The first-order valence-electron chi connectivity index (χ1n) is 10.4. The first-order chi connectivity index (χ1) is 16.2. The molecule has 0 aliphatic carbocycles. The summed E-state index contributed by atoms with van der Waals surface area (Å²) >= 11 is 7.08. The van der Waals surface area contributed by atoms with Gasteiger partial charge in [-0.3, -0.25) is 4.57 Å². The molecule has 0 spiro atoms. The predicted octanol–water partition coefficient (Wildman–Crippen LogP) is 5.37. The number of benzene rings is 2. The van der Waals surface area contributed by atoms with Crippen LogP contribution in [0.4, 0.5) is 19.0 Å². The lowest BCUT2D eigenvalue weighted by Crippen LogP contribution is -2.39.